The summed E-state index contributed by atoms with van der Waals surface area (Å²) in [6, 6.07) is 0.387. The summed E-state index contributed by atoms with van der Waals surface area (Å²) >= 11 is 0. The lowest BCUT2D eigenvalue weighted by atomic mass is 9.82. The molecule has 1 heterocycles. The third kappa shape index (κ3) is 3.70. The van der Waals surface area contributed by atoms with Gasteiger partial charge in [-0.2, -0.15) is 0 Å². The zero-order valence-electron chi connectivity index (χ0n) is 10.5. The molecule has 0 radical (unpaired) electrons. The van der Waals surface area contributed by atoms with Crippen LogP contribution in [0.4, 0.5) is 0 Å². The monoisotopic (exact) mass is 231 g/mol. The Kier molecular flexibility index (Phi) is 5.69. The van der Waals surface area contributed by atoms with Gasteiger partial charge in [-0.3, -0.25) is 4.90 Å². The molecular formula is C12H25NO3. The molecule has 2 N–H and O–H groups in total. The molecule has 0 aromatic heterocycles. The molecule has 16 heavy (non-hydrogen) atoms. The summed E-state index contributed by atoms with van der Waals surface area (Å²) in [6.45, 7) is 7.49. The molecule has 0 aromatic rings. The highest BCUT2D eigenvalue weighted by atomic mass is 16.5. The van der Waals surface area contributed by atoms with Crippen LogP contribution in [0.2, 0.25) is 0 Å². The minimum absolute atomic E-state index is 0.127. The van der Waals surface area contributed by atoms with Crippen molar-refractivity contribution in [1.82, 2.24) is 4.90 Å². The van der Waals surface area contributed by atoms with Gasteiger partial charge >= 0.3 is 0 Å². The zero-order chi connectivity index (χ0) is 12.0. The average molecular weight is 231 g/mol. The van der Waals surface area contributed by atoms with Crippen LogP contribution in [0, 0.1) is 5.41 Å². The molecule has 0 spiro atoms. The first-order valence-corrected chi connectivity index (χ1v) is 6.17. The molecule has 1 saturated heterocycles. The first-order chi connectivity index (χ1) is 7.63. The summed E-state index contributed by atoms with van der Waals surface area (Å²) in [7, 11) is 0. The van der Waals surface area contributed by atoms with E-state index < -0.39 is 0 Å². The Morgan fingerprint density at radius 3 is 2.56 bits per heavy atom. The summed E-state index contributed by atoms with van der Waals surface area (Å²) < 4.78 is 5.49. The van der Waals surface area contributed by atoms with Gasteiger partial charge in [0, 0.05) is 31.2 Å². The van der Waals surface area contributed by atoms with Gasteiger partial charge in [0.2, 0.25) is 0 Å². The largest absolute Gasteiger partial charge is 0.396 e. The molecule has 0 aliphatic carbocycles. The lowest BCUT2D eigenvalue weighted by molar-refractivity contribution is -0.0608. The number of hydrogen-bond acceptors (Lipinski definition) is 4. The lowest BCUT2D eigenvalue weighted by Crippen LogP contribution is -2.48. The quantitative estimate of drug-likeness (QED) is 0.698. The normalized spacial score (nSPS) is 26.6. The summed E-state index contributed by atoms with van der Waals surface area (Å²) in [5.74, 6) is 0. The van der Waals surface area contributed by atoms with Crippen molar-refractivity contribution in [3.05, 3.63) is 0 Å². The number of aliphatic hydroxyl groups excluding tert-OH is 2. The Labute approximate surface area is 98.2 Å². The fraction of sp³-hybridized carbons (Fsp3) is 1.00. The van der Waals surface area contributed by atoms with E-state index in [2.05, 4.69) is 18.7 Å². The first-order valence-electron chi connectivity index (χ1n) is 6.17. The van der Waals surface area contributed by atoms with Crippen molar-refractivity contribution in [2.45, 2.75) is 32.7 Å². The Hall–Kier alpha value is -0.160. The summed E-state index contributed by atoms with van der Waals surface area (Å²) in [5, 5.41) is 18.6. The van der Waals surface area contributed by atoms with Crippen LogP contribution in [0.15, 0.2) is 0 Å². The predicted molar refractivity (Wildman–Crippen MR) is 63.4 cm³/mol. The second-order valence-corrected chi connectivity index (χ2v) is 5.10. The lowest BCUT2D eigenvalue weighted by Gasteiger charge is -2.40. The van der Waals surface area contributed by atoms with Gasteiger partial charge in [-0.1, -0.05) is 0 Å². The number of rotatable bonds is 6. The first kappa shape index (κ1) is 13.9. The second kappa shape index (κ2) is 6.55. The van der Waals surface area contributed by atoms with Crippen LogP contribution < -0.4 is 0 Å². The van der Waals surface area contributed by atoms with Crippen molar-refractivity contribution < 1.29 is 14.9 Å². The van der Waals surface area contributed by atoms with Gasteiger partial charge in [0.05, 0.1) is 19.8 Å². The summed E-state index contributed by atoms with van der Waals surface area (Å²) in [6.07, 6.45) is 2.03. The Balaban J connectivity index is 2.57. The van der Waals surface area contributed by atoms with Gasteiger partial charge < -0.3 is 14.9 Å². The molecule has 1 aliphatic rings. The molecule has 1 fully saturated rings. The molecule has 0 saturated carbocycles. The molecule has 1 atom stereocenters. The van der Waals surface area contributed by atoms with Crippen LogP contribution in [-0.2, 0) is 4.74 Å². The minimum Gasteiger partial charge on any atom is -0.396 e. The Bertz CT molecular complexity index is 191. The van der Waals surface area contributed by atoms with E-state index in [0.29, 0.717) is 19.2 Å². The van der Waals surface area contributed by atoms with Crippen LogP contribution in [0.1, 0.15) is 26.7 Å². The number of ether oxygens (including phenoxy) is 1. The number of aliphatic hydroxyl groups is 2. The maximum absolute atomic E-state index is 9.57. The smallest absolute Gasteiger partial charge is 0.0558 e. The molecule has 1 aliphatic heterocycles. The molecular weight excluding hydrogens is 206 g/mol. The molecule has 4 heteroatoms. The van der Waals surface area contributed by atoms with Gasteiger partial charge in [-0.15, -0.1) is 0 Å². The summed E-state index contributed by atoms with van der Waals surface area (Å²) in [4.78, 5) is 2.21. The van der Waals surface area contributed by atoms with E-state index in [1.807, 2.05) is 0 Å². The topological polar surface area (TPSA) is 52.9 Å². The van der Waals surface area contributed by atoms with Crippen molar-refractivity contribution in [2.24, 2.45) is 5.41 Å². The van der Waals surface area contributed by atoms with Gasteiger partial charge in [0.1, 0.15) is 0 Å². The van der Waals surface area contributed by atoms with Crippen LogP contribution in [0.5, 0.6) is 0 Å². The van der Waals surface area contributed by atoms with E-state index in [1.165, 1.54) is 0 Å². The van der Waals surface area contributed by atoms with Crippen molar-refractivity contribution in [3.63, 3.8) is 0 Å². The van der Waals surface area contributed by atoms with Crippen molar-refractivity contribution >= 4 is 0 Å². The fourth-order valence-electron chi connectivity index (χ4n) is 2.29. The van der Waals surface area contributed by atoms with E-state index in [1.54, 1.807) is 0 Å². The van der Waals surface area contributed by atoms with Crippen molar-refractivity contribution in [2.75, 3.05) is 39.5 Å². The highest BCUT2D eigenvalue weighted by molar-refractivity contribution is 4.85. The predicted octanol–water partition coefficient (Wildman–Crippen LogP) is 0.478. The van der Waals surface area contributed by atoms with E-state index in [-0.39, 0.29) is 18.6 Å². The van der Waals surface area contributed by atoms with Crippen molar-refractivity contribution in [1.29, 1.82) is 0 Å². The van der Waals surface area contributed by atoms with Crippen LogP contribution in [0.3, 0.4) is 0 Å². The van der Waals surface area contributed by atoms with E-state index in [9.17, 15) is 5.11 Å². The van der Waals surface area contributed by atoms with Crippen LogP contribution in [0.25, 0.3) is 0 Å². The molecule has 4 nitrogen and oxygen atoms in total. The van der Waals surface area contributed by atoms with Crippen LogP contribution >= 0.6 is 0 Å². The van der Waals surface area contributed by atoms with Gasteiger partial charge in [0.25, 0.3) is 0 Å². The highest BCUT2D eigenvalue weighted by Crippen LogP contribution is 2.29. The Morgan fingerprint density at radius 1 is 1.38 bits per heavy atom. The van der Waals surface area contributed by atoms with Crippen LogP contribution in [-0.4, -0.2) is 60.7 Å². The average Bonchev–Trinajstić information content (AvgIpc) is 2.29. The summed E-state index contributed by atoms with van der Waals surface area (Å²) in [5.41, 5.74) is -0.127. The molecule has 0 bridgehead atoms. The molecule has 1 unspecified atom stereocenters. The Morgan fingerprint density at radius 2 is 2.12 bits per heavy atom. The van der Waals surface area contributed by atoms with E-state index in [4.69, 9.17) is 9.84 Å². The SMILES string of the molecule is CC(C)N(CCO)CC1(CO)CCCOC1. The number of hydrogen-bond donors (Lipinski definition) is 2. The van der Waals surface area contributed by atoms with Gasteiger partial charge in [-0.25, -0.2) is 0 Å². The minimum atomic E-state index is -0.127. The van der Waals surface area contributed by atoms with Crippen molar-refractivity contribution in [3.8, 4) is 0 Å². The maximum atomic E-state index is 9.57. The second-order valence-electron chi connectivity index (χ2n) is 5.10. The van der Waals surface area contributed by atoms with E-state index in [0.717, 1.165) is 26.0 Å². The molecule has 0 amide bonds. The fourth-order valence-corrected chi connectivity index (χ4v) is 2.29. The molecule has 1 rings (SSSR count). The van der Waals surface area contributed by atoms with Gasteiger partial charge in [-0.05, 0) is 26.7 Å². The van der Waals surface area contributed by atoms with Gasteiger partial charge in [0.15, 0.2) is 0 Å². The maximum Gasteiger partial charge on any atom is 0.0558 e. The molecule has 0 aromatic carbocycles. The van der Waals surface area contributed by atoms with E-state index >= 15 is 0 Å². The third-order valence-electron chi connectivity index (χ3n) is 3.40. The number of nitrogens with zero attached hydrogens (tertiary/aromatic N) is 1. The highest BCUT2D eigenvalue weighted by Gasteiger charge is 2.34. The third-order valence-corrected chi connectivity index (χ3v) is 3.40. The standard InChI is InChI=1S/C12H25NO3/c1-11(2)13(5-6-14)8-12(9-15)4-3-7-16-10-12/h11,14-15H,3-10H2,1-2H3. The molecule has 96 valence electrons. The zero-order valence-corrected chi connectivity index (χ0v) is 10.5.